The SMILES string of the molecule is CC(C)N[C@H](Cc1ccccc1)C(=O)N[C@H](Cc1ccccc1)C(=O)N[C@H](CCCCN)C(=O)N[C@H](CCCCN)C(=O)O. The Hall–Kier alpha value is -3.80. The molecule has 0 aliphatic carbocycles. The van der Waals surface area contributed by atoms with Crippen molar-refractivity contribution >= 4 is 23.7 Å². The van der Waals surface area contributed by atoms with Crippen molar-refractivity contribution in [3.8, 4) is 0 Å². The molecule has 0 heterocycles. The molecule has 0 saturated carbocycles. The van der Waals surface area contributed by atoms with Crippen molar-refractivity contribution in [1.82, 2.24) is 21.3 Å². The van der Waals surface area contributed by atoms with E-state index in [0.717, 1.165) is 11.1 Å². The van der Waals surface area contributed by atoms with Crippen molar-refractivity contribution in [3.05, 3.63) is 71.8 Å². The molecule has 2 rings (SSSR count). The molecular weight excluding hydrogens is 560 g/mol. The van der Waals surface area contributed by atoms with Crippen molar-refractivity contribution in [1.29, 1.82) is 0 Å². The number of rotatable bonds is 21. The topological polar surface area (TPSA) is 189 Å². The molecule has 2 aromatic rings. The predicted molar refractivity (Wildman–Crippen MR) is 172 cm³/mol. The van der Waals surface area contributed by atoms with Gasteiger partial charge in [-0.15, -0.1) is 0 Å². The monoisotopic (exact) mass is 610 g/mol. The number of carboxylic acids is 1. The first kappa shape index (κ1) is 36.4. The predicted octanol–water partition coefficient (Wildman–Crippen LogP) is 1.64. The molecule has 0 aromatic heterocycles. The van der Waals surface area contributed by atoms with Crippen molar-refractivity contribution < 1.29 is 24.3 Å². The molecule has 0 bridgehead atoms. The lowest BCUT2D eigenvalue weighted by Gasteiger charge is -2.27. The summed E-state index contributed by atoms with van der Waals surface area (Å²) in [4.78, 5) is 52.6. The molecular formula is C33H50N6O5. The fourth-order valence-corrected chi connectivity index (χ4v) is 4.87. The molecule has 2 aromatic carbocycles. The molecule has 9 N–H and O–H groups in total. The molecule has 0 aliphatic rings. The number of aliphatic carboxylic acids is 1. The van der Waals surface area contributed by atoms with Gasteiger partial charge >= 0.3 is 5.97 Å². The van der Waals surface area contributed by atoms with Gasteiger partial charge in [-0.3, -0.25) is 14.4 Å². The third kappa shape index (κ3) is 13.7. The van der Waals surface area contributed by atoms with E-state index in [9.17, 15) is 24.3 Å². The van der Waals surface area contributed by atoms with Crippen LogP contribution < -0.4 is 32.7 Å². The molecule has 44 heavy (non-hydrogen) atoms. The molecule has 3 amide bonds. The van der Waals surface area contributed by atoms with Crippen LogP contribution >= 0.6 is 0 Å². The Morgan fingerprint density at radius 2 is 1.02 bits per heavy atom. The minimum Gasteiger partial charge on any atom is -0.480 e. The Morgan fingerprint density at radius 1 is 0.614 bits per heavy atom. The molecule has 242 valence electrons. The maximum atomic E-state index is 13.8. The zero-order valence-corrected chi connectivity index (χ0v) is 26.0. The van der Waals surface area contributed by atoms with Crippen LogP contribution in [0.3, 0.4) is 0 Å². The van der Waals surface area contributed by atoms with Gasteiger partial charge in [-0.25, -0.2) is 4.79 Å². The van der Waals surface area contributed by atoms with Gasteiger partial charge in [0.25, 0.3) is 0 Å². The zero-order chi connectivity index (χ0) is 32.3. The highest BCUT2D eigenvalue weighted by atomic mass is 16.4. The number of hydrogen-bond donors (Lipinski definition) is 7. The van der Waals surface area contributed by atoms with Crippen LogP contribution in [-0.2, 0) is 32.0 Å². The van der Waals surface area contributed by atoms with Crippen molar-refractivity contribution in [2.75, 3.05) is 13.1 Å². The number of unbranched alkanes of at least 4 members (excludes halogenated alkanes) is 2. The highest BCUT2D eigenvalue weighted by Gasteiger charge is 2.31. The number of hydrogen-bond acceptors (Lipinski definition) is 7. The van der Waals surface area contributed by atoms with E-state index in [1.807, 2.05) is 74.5 Å². The molecule has 11 nitrogen and oxygen atoms in total. The highest BCUT2D eigenvalue weighted by Crippen LogP contribution is 2.10. The van der Waals surface area contributed by atoms with Crippen LogP contribution in [0.15, 0.2) is 60.7 Å². The number of carbonyl (C=O) groups is 4. The smallest absolute Gasteiger partial charge is 0.326 e. The van der Waals surface area contributed by atoms with Crippen LogP contribution in [-0.4, -0.2) is 72.1 Å². The molecule has 0 spiro atoms. The summed E-state index contributed by atoms with van der Waals surface area (Å²) in [5.41, 5.74) is 13.0. The first-order valence-electron chi connectivity index (χ1n) is 15.5. The second-order valence-electron chi connectivity index (χ2n) is 11.3. The van der Waals surface area contributed by atoms with Crippen LogP contribution in [0.4, 0.5) is 0 Å². The number of carboxylic acid groups (broad SMARTS) is 1. The van der Waals surface area contributed by atoms with Gasteiger partial charge in [0.1, 0.15) is 18.1 Å². The van der Waals surface area contributed by atoms with E-state index in [2.05, 4.69) is 21.3 Å². The Balaban J connectivity index is 2.27. The maximum Gasteiger partial charge on any atom is 0.326 e. The third-order valence-corrected chi connectivity index (χ3v) is 7.19. The minimum absolute atomic E-state index is 0.0125. The molecule has 11 heteroatoms. The van der Waals surface area contributed by atoms with E-state index in [0.29, 0.717) is 45.2 Å². The first-order chi connectivity index (χ1) is 21.1. The highest BCUT2D eigenvalue weighted by molar-refractivity contribution is 5.94. The van der Waals surface area contributed by atoms with E-state index in [4.69, 9.17) is 11.5 Å². The normalized spacial score (nSPS) is 13.8. The van der Waals surface area contributed by atoms with Crippen LogP contribution in [0.25, 0.3) is 0 Å². The van der Waals surface area contributed by atoms with Crippen molar-refractivity contribution in [3.63, 3.8) is 0 Å². The van der Waals surface area contributed by atoms with Crippen LogP contribution in [0.2, 0.25) is 0 Å². The summed E-state index contributed by atoms with van der Waals surface area (Å²) in [7, 11) is 0. The third-order valence-electron chi connectivity index (χ3n) is 7.19. The Morgan fingerprint density at radius 3 is 1.50 bits per heavy atom. The largest absolute Gasteiger partial charge is 0.480 e. The summed E-state index contributed by atoms with van der Waals surface area (Å²) >= 11 is 0. The molecule has 0 saturated heterocycles. The molecule has 0 fully saturated rings. The number of amides is 3. The number of benzene rings is 2. The summed E-state index contributed by atoms with van der Waals surface area (Å²) in [6, 6.07) is 15.2. The zero-order valence-electron chi connectivity index (χ0n) is 26.0. The summed E-state index contributed by atoms with van der Waals surface area (Å²) in [5, 5.41) is 21.3. The van der Waals surface area contributed by atoms with Gasteiger partial charge in [-0.05, 0) is 69.2 Å². The van der Waals surface area contributed by atoms with Crippen LogP contribution in [0.1, 0.15) is 63.5 Å². The average Bonchev–Trinajstić information content (AvgIpc) is 3.00. The lowest BCUT2D eigenvalue weighted by atomic mass is 10.0. The lowest BCUT2D eigenvalue weighted by molar-refractivity contribution is -0.142. The van der Waals surface area contributed by atoms with Gasteiger partial charge in [0, 0.05) is 12.5 Å². The van der Waals surface area contributed by atoms with Gasteiger partial charge in [0.15, 0.2) is 0 Å². The van der Waals surface area contributed by atoms with Crippen LogP contribution in [0, 0.1) is 0 Å². The summed E-state index contributed by atoms with van der Waals surface area (Å²) in [6.07, 6.45) is 3.46. The number of carbonyl (C=O) groups excluding carboxylic acids is 3. The number of nitrogens with one attached hydrogen (secondary N) is 4. The van der Waals surface area contributed by atoms with Gasteiger partial charge < -0.3 is 37.8 Å². The van der Waals surface area contributed by atoms with E-state index in [-0.39, 0.29) is 31.2 Å². The van der Waals surface area contributed by atoms with Gasteiger partial charge in [-0.2, -0.15) is 0 Å². The Bertz CT molecular complexity index is 1150. The molecule has 0 radical (unpaired) electrons. The molecule has 0 unspecified atom stereocenters. The van der Waals surface area contributed by atoms with Gasteiger partial charge in [0.05, 0.1) is 6.04 Å². The second kappa shape index (κ2) is 20.2. The van der Waals surface area contributed by atoms with Crippen molar-refractivity contribution in [2.24, 2.45) is 11.5 Å². The lowest BCUT2D eigenvalue weighted by Crippen LogP contribution is -2.58. The second-order valence-corrected chi connectivity index (χ2v) is 11.3. The van der Waals surface area contributed by atoms with E-state index >= 15 is 0 Å². The Labute approximate surface area is 260 Å². The quantitative estimate of drug-likeness (QED) is 0.104. The average molecular weight is 611 g/mol. The van der Waals surface area contributed by atoms with Crippen LogP contribution in [0.5, 0.6) is 0 Å². The standard InChI is InChI=1S/C33H50N6O5/c1-23(2)36-28(21-24-13-5-3-6-14-24)31(41)39-29(22-25-15-7-4-8-16-25)32(42)37-26(17-9-11-19-34)30(40)38-27(33(43)44)18-10-12-20-35/h3-8,13-16,23,26-29,36H,9-12,17-22,34-35H2,1-2H3,(H,37,42)(H,38,40)(H,39,41)(H,43,44)/t26-,27-,28-,29-/m1/s1. The van der Waals surface area contributed by atoms with Gasteiger partial charge in [-0.1, -0.05) is 74.5 Å². The minimum atomic E-state index is -1.15. The van der Waals surface area contributed by atoms with E-state index in [1.54, 1.807) is 0 Å². The van der Waals surface area contributed by atoms with E-state index in [1.165, 1.54) is 0 Å². The fraction of sp³-hybridized carbons (Fsp3) is 0.515. The summed E-state index contributed by atoms with van der Waals surface area (Å²) < 4.78 is 0. The summed E-state index contributed by atoms with van der Waals surface area (Å²) in [6.45, 7) is 4.73. The maximum absolute atomic E-state index is 13.8. The fourth-order valence-electron chi connectivity index (χ4n) is 4.87. The van der Waals surface area contributed by atoms with Crippen molar-refractivity contribution in [2.45, 2.75) is 95.4 Å². The Kier molecular flexibility index (Phi) is 16.7. The summed E-state index contributed by atoms with van der Waals surface area (Å²) in [5.74, 6) is -2.62. The van der Waals surface area contributed by atoms with Gasteiger partial charge in [0.2, 0.25) is 17.7 Å². The number of nitrogens with two attached hydrogens (primary N) is 2. The molecule has 0 aliphatic heterocycles. The molecule has 4 atom stereocenters. The van der Waals surface area contributed by atoms with E-state index < -0.39 is 42.0 Å². The first-order valence-corrected chi connectivity index (χ1v) is 15.5.